The van der Waals surface area contributed by atoms with Gasteiger partial charge in [-0.25, -0.2) is 0 Å². The Morgan fingerprint density at radius 2 is 2.23 bits per heavy atom. The Labute approximate surface area is 83.7 Å². The first kappa shape index (κ1) is 10.3. The Balaban J connectivity index is 2.83. The molecule has 0 amide bonds. The fourth-order valence-corrected chi connectivity index (χ4v) is 1.42. The Bertz CT molecular complexity index is 294. The summed E-state index contributed by atoms with van der Waals surface area (Å²) in [7, 11) is 0. The van der Waals surface area contributed by atoms with E-state index in [1.165, 1.54) is 11.1 Å². The largest absolute Gasteiger partial charge is 0.298 e. The van der Waals surface area contributed by atoms with Crippen molar-refractivity contribution in [3.05, 3.63) is 34.9 Å². The van der Waals surface area contributed by atoms with Gasteiger partial charge in [0.15, 0.2) is 0 Å². The molecule has 0 radical (unpaired) electrons. The van der Waals surface area contributed by atoms with E-state index in [-0.39, 0.29) is 0 Å². The van der Waals surface area contributed by atoms with Gasteiger partial charge in [-0.3, -0.25) is 4.79 Å². The second kappa shape index (κ2) is 5.03. The van der Waals surface area contributed by atoms with E-state index in [1.54, 1.807) is 0 Å². The lowest BCUT2D eigenvalue weighted by molar-refractivity contribution is 0.112. The van der Waals surface area contributed by atoms with Gasteiger partial charge in [-0.05, 0) is 37.0 Å². The summed E-state index contributed by atoms with van der Waals surface area (Å²) in [5.74, 6) is 0.671. The number of aryl methyl sites for hydroxylation is 2. The van der Waals surface area contributed by atoms with Gasteiger partial charge < -0.3 is 0 Å². The number of carbonyl (C=O) groups excluding carboxylic acids is 1. The normalized spacial score (nSPS) is 10.0. The van der Waals surface area contributed by atoms with Crippen molar-refractivity contribution in [3.8, 4) is 0 Å². The summed E-state index contributed by atoms with van der Waals surface area (Å²) in [6.07, 6.45) is 2.80. The highest BCUT2D eigenvalue weighted by molar-refractivity contribution is 6.17. The van der Waals surface area contributed by atoms with Gasteiger partial charge in [-0.15, -0.1) is 11.6 Å². The minimum absolute atomic E-state index is 0.671. The second-order valence-electron chi connectivity index (χ2n) is 3.10. The van der Waals surface area contributed by atoms with Crippen molar-refractivity contribution in [2.75, 3.05) is 5.88 Å². The Hall–Kier alpha value is -0.820. The molecule has 0 fully saturated rings. The van der Waals surface area contributed by atoms with Crippen LogP contribution in [-0.2, 0) is 6.42 Å². The van der Waals surface area contributed by atoms with Crippen LogP contribution in [0.5, 0.6) is 0 Å². The molecule has 1 aromatic rings. The maximum atomic E-state index is 10.5. The molecular formula is C11H13ClO. The van der Waals surface area contributed by atoms with Gasteiger partial charge >= 0.3 is 0 Å². The van der Waals surface area contributed by atoms with Gasteiger partial charge in [0.1, 0.15) is 6.29 Å². The average molecular weight is 197 g/mol. The van der Waals surface area contributed by atoms with Crippen LogP contribution in [0.25, 0.3) is 0 Å². The highest BCUT2D eigenvalue weighted by Crippen LogP contribution is 2.12. The average Bonchev–Trinajstić information content (AvgIpc) is 2.17. The maximum absolute atomic E-state index is 10.5. The molecule has 0 saturated carbocycles. The summed E-state index contributed by atoms with van der Waals surface area (Å²) >= 11 is 5.61. The summed E-state index contributed by atoms with van der Waals surface area (Å²) in [4.78, 5) is 10.5. The summed E-state index contributed by atoms with van der Waals surface area (Å²) in [6, 6.07) is 5.76. The first-order valence-corrected chi connectivity index (χ1v) is 4.92. The highest BCUT2D eigenvalue weighted by Gasteiger charge is 1.99. The highest BCUT2D eigenvalue weighted by atomic mass is 35.5. The number of benzene rings is 1. The van der Waals surface area contributed by atoms with E-state index in [2.05, 4.69) is 6.92 Å². The molecule has 0 aliphatic rings. The number of alkyl halides is 1. The third-order valence-corrected chi connectivity index (χ3v) is 2.36. The number of carbonyl (C=O) groups is 1. The van der Waals surface area contributed by atoms with Crippen molar-refractivity contribution in [1.29, 1.82) is 0 Å². The molecule has 0 aliphatic heterocycles. The van der Waals surface area contributed by atoms with Crippen LogP contribution in [0.2, 0.25) is 0 Å². The smallest absolute Gasteiger partial charge is 0.150 e. The molecule has 0 atom stereocenters. The third kappa shape index (κ3) is 2.85. The zero-order valence-electron chi connectivity index (χ0n) is 7.72. The number of halogens is 1. The first-order chi connectivity index (χ1) is 6.27. The standard InChI is InChI=1S/C11H13ClO/c1-9-4-5-10(8-13)7-11(9)3-2-6-12/h4-5,7-8H,2-3,6H2,1H3. The first-order valence-electron chi connectivity index (χ1n) is 4.38. The molecule has 0 unspecified atom stereocenters. The van der Waals surface area contributed by atoms with Crippen molar-refractivity contribution in [3.63, 3.8) is 0 Å². The Kier molecular flexibility index (Phi) is 3.97. The molecule has 0 spiro atoms. The van der Waals surface area contributed by atoms with Gasteiger partial charge in [0, 0.05) is 11.4 Å². The predicted molar refractivity (Wildman–Crippen MR) is 55.6 cm³/mol. The zero-order valence-corrected chi connectivity index (χ0v) is 8.47. The summed E-state index contributed by atoms with van der Waals surface area (Å²) < 4.78 is 0. The minimum atomic E-state index is 0.671. The lowest BCUT2D eigenvalue weighted by Gasteiger charge is -2.04. The molecular weight excluding hydrogens is 184 g/mol. The van der Waals surface area contributed by atoms with E-state index in [0.29, 0.717) is 5.88 Å². The molecule has 0 heterocycles. The van der Waals surface area contributed by atoms with E-state index in [0.717, 1.165) is 24.7 Å². The topological polar surface area (TPSA) is 17.1 Å². The zero-order chi connectivity index (χ0) is 9.68. The van der Waals surface area contributed by atoms with Crippen molar-refractivity contribution in [2.24, 2.45) is 0 Å². The number of hydrogen-bond acceptors (Lipinski definition) is 1. The van der Waals surface area contributed by atoms with Crippen LogP contribution in [-0.4, -0.2) is 12.2 Å². The van der Waals surface area contributed by atoms with Crippen LogP contribution < -0.4 is 0 Å². The van der Waals surface area contributed by atoms with Crippen LogP contribution in [0.1, 0.15) is 27.9 Å². The Morgan fingerprint density at radius 1 is 1.46 bits per heavy atom. The van der Waals surface area contributed by atoms with Crippen molar-refractivity contribution < 1.29 is 4.79 Å². The monoisotopic (exact) mass is 196 g/mol. The van der Waals surface area contributed by atoms with Gasteiger partial charge in [-0.2, -0.15) is 0 Å². The van der Waals surface area contributed by atoms with Crippen LogP contribution in [0.4, 0.5) is 0 Å². The van der Waals surface area contributed by atoms with Crippen LogP contribution in [0, 0.1) is 6.92 Å². The van der Waals surface area contributed by atoms with Crippen LogP contribution in [0.15, 0.2) is 18.2 Å². The molecule has 70 valence electrons. The van der Waals surface area contributed by atoms with Gasteiger partial charge in [0.05, 0.1) is 0 Å². The summed E-state index contributed by atoms with van der Waals surface area (Å²) in [5, 5.41) is 0. The fourth-order valence-electron chi connectivity index (χ4n) is 1.29. The van der Waals surface area contributed by atoms with Crippen molar-refractivity contribution in [2.45, 2.75) is 19.8 Å². The lowest BCUT2D eigenvalue weighted by atomic mass is 10.0. The van der Waals surface area contributed by atoms with E-state index < -0.39 is 0 Å². The number of aldehydes is 1. The molecule has 0 N–H and O–H groups in total. The molecule has 1 aromatic carbocycles. The van der Waals surface area contributed by atoms with Crippen LogP contribution in [0.3, 0.4) is 0 Å². The molecule has 1 nitrogen and oxygen atoms in total. The van der Waals surface area contributed by atoms with Crippen LogP contribution >= 0.6 is 11.6 Å². The van der Waals surface area contributed by atoms with E-state index in [1.807, 2.05) is 18.2 Å². The maximum Gasteiger partial charge on any atom is 0.150 e. The molecule has 0 aliphatic carbocycles. The third-order valence-electron chi connectivity index (χ3n) is 2.09. The van der Waals surface area contributed by atoms with Crippen molar-refractivity contribution in [1.82, 2.24) is 0 Å². The Morgan fingerprint density at radius 3 is 2.85 bits per heavy atom. The molecule has 1 rings (SSSR count). The number of rotatable bonds is 4. The van der Waals surface area contributed by atoms with E-state index in [9.17, 15) is 4.79 Å². The minimum Gasteiger partial charge on any atom is -0.298 e. The lowest BCUT2D eigenvalue weighted by Crippen LogP contribution is -1.92. The quantitative estimate of drug-likeness (QED) is 0.535. The molecule has 0 bridgehead atoms. The van der Waals surface area contributed by atoms with Gasteiger partial charge in [-0.1, -0.05) is 12.1 Å². The van der Waals surface area contributed by atoms with E-state index in [4.69, 9.17) is 11.6 Å². The number of hydrogen-bond donors (Lipinski definition) is 0. The van der Waals surface area contributed by atoms with Gasteiger partial charge in [0.2, 0.25) is 0 Å². The van der Waals surface area contributed by atoms with Gasteiger partial charge in [0.25, 0.3) is 0 Å². The van der Waals surface area contributed by atoms with E-state index >= 15 is 0 Å². The summed E-state index contributed by atoms with van der Waals surface area (Å²) in [5.41, 5.74) is 3.20. The molecule has 13 heavy (non-hydrogen) atoms. The summed E-state index contributed by atoms with van der Waals surface area (Å²) in [6.45, 7) is 2.05. The fraction of sp³-hybridized carbons (Fsp3) is 0.364. The van der Waals surface area contributed by atoms with Crippen molar-refractivity contribution >= 4 is 17.9 Å². The molecule has 0 saturated heterocycles. The second-order valence-corrected chi connectivity index (χ2v) is 3.47. The SMILES string of the molecule is Cc1ccc(C=O)cc1CCCCl. The molecule has 0 aromatic heterocycles. The molecule has 2 heteroatoms. The predicted octanol–water partition coefficient (Wildman–Crippen LogP) is 2.98.